The summed E-state index contributed by atoms with van der Waals surface area (Å²) in [7, 11) is 0. The van der Waals surface area contributed by atoms with E-state index < -0.39 is 5.82 Å². The maximum Gasteiger partial charge on any atom is 0.223 e. The average Bonchev–Trinajstić information content (AvgIpc) is 3.29. The molecule has 1 aromatic carbocycles. The zero-order chi connectivity index (χ0) is 20.2. The number of benzene rings is 1. The quantitative estimate of drug-likeness (QED) is 0.807. The molecular formula is C21H25ClFN5O. The van der Waals surface area contributed by atoms with Crippen molar-refractivity contribution in [3.63, 3.8) is 0 Å². The third-order valence-corrected chi connectivity index (χ3v) is 6.03. The first-order chi connectivity index (χ1) is 14.1. The van der Waals surface area contributed by atoms with Gasteiger partial charge < -0.3 is 15.1 Å². The molecule has 29 heavy (non-hydrogen) atoms. The highest BCUT2D eigenvalue weighted by Gasteiger charge is 2.28. The van der Waals surface area contributed by atoms with Gasteiger partial charge >= 0.3 is 0 Å². The predicted octanol–water partition coefficient (Wildman–Crippen LogP) is 3.40. The van der Waals surface area contributed by atoms with Crippen molar-refractivity contribution >= 4 is 29.0 Å². The molecule has 0 saturated carbocycles. The Labute approximate surface area is 175 Å². The van der Waals surface area contributed by atoms with E-state index in [2.05, 4.69) is 25.1 Å². The second-order valence-corrected chi connectivity index (χ2v) is 8.06. The van der Waals surface area contributed by atoms with E-state index >= 15 is 0 Å². The highest BCUT2D eigenvalue weighted by atomic mass is 35.5. The Bertz CT molecular complexity index is 866. The van der Waals surface area contributed by atoms with E-state index in [1.165, 1.54) is 18.9 Å². The molecule has 2 fully saturated rings. The van der Waals surface area contributed by atoms with Gasteiger partial charge in [0.05, 0.1) is 16.9 Å². The Hall–Kier alpha value is -2.41. The molecule has 8 heteroatoms. The van der Waals surface area contributed by atoms with Gasteiger partial charge in [0.25, 0.3) is 0 Å². The van der Waals surface area contributed by atoms with Crippen molar-refractivity contribution in [3.05, 3.63) is 47.1 Å². The van der Waals surface area contributed by atoms with Crippen molar-refractivity contribution in [2.24, 2.45) is 5.92 Å². The van der Waals surface area contributed by atoms with Crippen LogP contribution in [-0.4, -0.2) is 42.1 Å². The lowest BCUT2D eigenvalue weighted by atomic mass is 9.95. The summed E-state index contributed by atoms with van der Waals surface area (Å²) in [5.41, 5.74) is 1.85. The van der Waals surface area contributed by atoms with Crippen LogP contribution in [0, 0.1) is 11.7 Å². The van der Waals surface area contributed by atoms with Crippen molar-refractivity contribution < 1.29 is 9.18 Å². The van der Waals surface area contributed by atoms with Gasteiger partial charge in [-0.2, -0.15) is 0 Å². The van der Waals surface area contributed by atoms with Crippen LogP contribution in [-0.2, 0) is 11.3 Å². The molecule has 2 aromatic rings. The van der Waals surface area contributed by atoms with Crippen molar-refractivity contribution in [3.8, 4) is 0 Å². The zero-order valence-electron chi connectivity index (χ0n) is 16.3. The smallest absolute Gasteiger partial charge is 0.223 e. The highest BCUT2D eigenvalue weighted by molar-refractivity contribution is 6.30. The molecule has 2 saturated heterocycles. The number of rotatable bonds is 5. The molecular weight excluding hydrogens is 393 g/mol. The molecule has 4 rings (SSSR count). The molecule has 3 heterocycles. The third kappa shape index (κ3) is 4.61. The van der Waals surface area contributed by atoms with Crippen LogP contribution in [0.25, 0.3) is 0 Å². The van der Waals surface area contributed by atoms with E-state index in [0.717, 1.165) is 56.1 Å². The summed E-state index contributed by atoms with van der Waals surface area (Å²) >= 11 is 5.81. The zero-order valence-corrected chi connectivity index (χ0v) is 17.0. The Morgan fingerprint density at radius 2 is 1.93 bits per heavy atom. The molecule has 0 radical (unpaired) electrons. The van der Waals surface area contributed by atoms with E-state index in [1.54, 1.807) is 18.5 Å². The Morgan fingerprint density at radius 1 is 1.17 bits per heavy atom. The van der Waals surface area contributed by atoms with E-state index in [9.17, 15) is 9.18 Å². The van der Waals surface area contributed by atoms with E-state index in [1.807, 2.05) is 6.20 Å². The van der Waals surface area contributed by atoms with Gasteiger partial charge in [0, 0.05) is 38.6 Å². The standard InChI is InChI=1S/C21H25ClFN5O/c22-17-11-15(3-4-18(17)23)12-25-21(29)16-5-9-27(10-6-16)19-13-24-14-26-20(19)28-7-1-2-8-28/h3-4,11,13-14,16H,1-2,5-10,12H2,(H,25,29). The Morgan fingerprint density at radius 3 is 2.66 bits per heavy atom. The fraction of sp³-hybridized carbons (Fsp3) is 0.476. The van der Waals surface area contributed by atoms with Gasteiger partial charge in [0.15, 0.2) is 5.82 Å². The first-order valence-corrected chi connectivity index (χ1v) is 10.5. The number of hydrogen-bond donors (Lipinski definition) is 1. The molecule has 0 aliphatic carbocycles. The average molecular weight is 418 g/mol. The number of nitrogens with one attached hydrogen (secondary N) is 1. The van der Waals surface area contributed by atoms with Crippen molar-refractivity contribution in [2.45, 2.75) is 32.2 Å². The van der Waals surface area contributed by atoms with E-state index in [-0.39, 0.29) is 16.8 Å². The molecule has 1 aromatic heterocycles. The van der Waals surface area contributed by atoms with Crippen LogP contribution >= 0.6 is 11.6 Å². The lowest BCUT2D eigenvalue weighted by molar-refractivity contribution is -0.125. The summed E-state index contributed by atoms with van der Waals surface area (Å²) in [6, 6.07) is 4.51. The van der Waals surface area contributed by atoms with Crippen LogP contribution in [0.1, 0.15) is 31.2 Å². The van der Waals surface area contributed by atoms with Gasteiger partial charge in [0.1, 0.15) is 12.1 Å². The highest BCUT2D eigenvalue weighted by Crippen LogP contribution is 2.31. The fourth-order valence-electron chi connectivity index (χ4n) is 4.08. The van der Waals surface area contributed by atoms with E-state index in [0.29, 0.717) is 6.54 Å². The first-order valence-electron chi connectivity index (χ1n) is 10.1. The second-order valence-electron chi connectivity index (χ2n) is 7.65. The van der Waals surface area contributed by atoms with Crippen molar-refractivity contribution in [2.75, 3.05) is 36.0 Å². The first kappa shape index (κ1) is 19.9. The number of hydrogen-bond acceptors (Lipinski definition) is 5. The molecule has 0 atom stereocenters. The minimum absolute atomic E-state index is 0.0259. The van der Waals surface area contributed by atoms with Gasteiger partial charge in [-0.05, 0) is 43.4 Å². The second kappa shape index (κ2) is 8.95. The Kier molecular flexibility index (Phi) is 6.13. The van der Waals surface area contributed by atoms with Gasteiger partial charge in [-0.3, -0.25) is 4.79 Å². The summed E-state index contributed by atoms with van der Waals surface area (Å²) in [5.74, 6) is 0.567. The number of anilines is 2. The molecule has 1 amide bonds. The fourth-order valence-corrected chi connectivity index (χ4v) is 4.28. The normalized spacial score (nSPS) is 17.6. The summed E-state index contributed by atoms with van der Waals surface area (Å²) in [4.78, 5) is 25.9. The number of carbonyl (C=O) groups excluding carboxylic acids is 1. The van der Waals surface area contributed by atoms with Gasteiger partial charge in [-0.15, -0.1) is 0 Å². The number of piperidine rings is 1. The van der Waals surface area contributed by atoms with Crippen LogP contribution in [0.4, 0.5) is 15.9 Å². The molecule has 1 N–H and O–H groups in total. The maximum atomic E-state index is 13.3. The molecule has 2 aliphatic rings. The number of amides is 1. The van der Waals surface area contributed by atoms with Crippen molar-refractivity contribution in [1.29, 1.82) is 0 Å². The van der Waals surface area contributed by atoms with Crippen LogP contribution in [0.2, 0.25) is 5.02 Å². The number of halogens is 2. The third-order valence-electron chi connectivity index (χ3n) is 5.74. The van der Waals surface area contributed by atoms with Gasteiger partial charge in [0.2, 0.25) is 5.91 Å². The minimum Gasteiger partial charge on any atom is -0.367 e. The number of nitrogens with zero attached hydrogens (tertiary/aromatic N) is 4. The number of carbonyl (C=O) groups is 1. The lowest BCUT2D eigenvalue weighted by Gasteiger charge is -2.34. The van der Waals surface area contributed by atoms with Crippen LogP contribution in [0.15, 0.2) is 30.7 Å². The largest absolute Gasteiger partial charge is 0.367 e. The van der Waals surface area contributed by atoms with E-state index in [4.69, 9.17) is 11.6 Å². The predicted molar refractivity (Wildman–Crippen MR) is 112 cm³/mol. The topological polar surface area (TPSA) is 61.4 Å². The SMILES string of the molecule is O=C(NCc1ccc(F)c(Cl)c1)C1CCN(c2cncnc2N2CCCC2)CC1. The molecule has 0 unspecified atom stereocenters. The molecule has 0 bridgehead atoms. The lowest BCUT2D eigenvalue weighted by Crippen LogP contribution is -2.41. The minimum atomic E-state index is -0.452. The summed E-state index contributed by atoms with van der Waals surface area (Å²) < 4.78 is 13.3. The molecule has 0 spiro atoms. The van der Waals surface area contributed by atoms with Crippen molar-refractivity contribution in [1.82, 2.24) is 15.3 Å². The molecule has 2 aliphatic heterocycles. The van der Waals surface area contributed by atoms with Crippen LogP contribution in [0.5, 0.6) is 0 Å². The summed E-state index contributed by atoms with van der Waals surface area (Å²) in [5, 5.41) is 3.03. The van der Waals surface area contributed by atoms with Crippen LogP contribution in [0.3, 0.4) is 0 Å². The monoisotopic (exact) mass is 417 g/mol. The maximum absolute atomic E-state index is 13.3. The van der Waals surface area contributed by atoms with Gasteiger partial charge in [-0.1, -0.05) is 17.7 Å². The molecule has 6 nitrogen and oxygen atoms in total. The number of aromatic nitrogens is 2. The summed E-state index contributed by atoms with van der Waals surface area (Å²) in [6.45, 7) is 4.03. The Balaban J connectivity index is 1.32. The summed E-state index contributed by atoms with van der Waals surface area (Å²) in [6.07, 6.45) is 7.46. The van der Waals surface area contributed by atoms with Crippen LogP contribution < -0.4 is 15.1 Å². The van der Waals surface area contributed by atoms with Gasteiger partial charge in [-0.25, -0.2) is 14.4 Å². The molecule has 154 valence electrons.